The van der Waals surface area contributed by atoms with Gasteiger partial charge in [0.2, 0.25) is 0 Å². The van der Waals surface area contributed by atoms with E-state index in [0.29, 0.717) is 5.56 Å². The Morgan fingerprint density at radius 2 is 2.05 bits per heavy atom. The quantitative estimate of drug-likeness (QED) is 0.754. The van der Waals surface area contributed by atoms with Gasteiger partial charge in [-0.15, -0.1) is 0 Å². The Morgan fingerprint density at radius 1 is 1.42 bits per heavy atom. The summed E-state index contributed by atoms with van der Waals surface area (Å²) in [4.78, 5) is 22.0. The molecule has 1 rings (SSSR count). The fraction of sp³-hybridized carbons (Fsp3) is 0.333. The highest BCUT2D eigenvalue weighted by molar-refractivity contribution is 5.95. The van der Waals surface area contributed by atoms with Gasteiger partial charge in [0.05, 0.1) is 6.10 Å². The Balaban J connectivity index is 2.89. The van der Waals surface area contributed by atoms with E-state index in [0.717, 1.165) is 6.07 Å². The summed E-state index contributed by atoms with van der Waals surface area (Å²) in [6.07, 6.45) is -1.95. The first kappa shape index (κ1) is 14.9. The molecule has 1 aromatic carbocycles. The van der Waals surface area contributed by atoms with Gasteiger partial charge in [0.25, 0.3) is 5.91 Å². The number of halogens is 1. The second-order valence-electron chi connectivity index (χ2n) is 3.97. The average molecular weight is 270 g/mol. The number of amides is 3. The van der Waals surface area contributed by atoms with Crippen LogP contribution in [0.5, 0.6) is 5.75 Å². The van der Waals surface area contributed by atoms with Crippen LogP contribution in [-0.4, -0.2) is 23.1 Å². The monoisotopic (exact) mass is 270 g/mol. The van der Waals surface area contributed by atoms with Crippen LogP contribution in [0.1, 0.15) is 25.5 Å². The Morgan fingerprint density at radius 3 is 2.58 bits per heavy atom. The minimum atomic E-state index is -1.06. The Labute approximate surface area is 109 Å². The number of urea groups is 1. The number of nitrogens with one attached hydrogen (secondary N) is 1. The lowest BCUT2D eigenvalue weighted by Crippen LogP contribution is -2.42. The van der Waals surface area contributed by atoms with Gasteiger partial charge in [0.15, 0.2) is 6.10 Å². The summed E-state index contributed by atoms with van der Waals surface area (Å²) in [6.45, 7) is 2.85. The van der Waals surface area contributed by atoms with Crippen LogP contribution in [0, 0.1) is 5.82 Å². The fourth-order valence-electron chi connectivity index (χ4n) is 1.42. The summed E-state index contributed by atoms with van der Waals surface area (Å²) in [7, 11) is 0. The zero-order valence-corrected chi connectivity index (χ0v) is 10.5. The van der Waals surface area contributed by atoms with E-state index in [4.69, 9.17) is 10.5 Å². The first-order valence-electron chi connectivity index (χ1n) is 5.55. The van der Waals surface area contributed by atoms with Crippen molar-refractivity contribution < 1.29 is 23.8 Å². The number of benzene rings is 1. The molecule has 1 aromatic rings. The van der Waals surface area contributed by atoms with Crippen molar-refractivity contribution in [3.63, 3.8) is 0 Å². The lowest BCUT2D eigenvalue weighted by Gasteiger charge is -2.17. The van der Waals surface area contributed by atoms with Gasteiger partial charge in [-0.1, -0.05) is 0 Å². The third-order valence-corrected chi connectivity index (χ3v) is 2.35. The Kier molecular flexibility index (Phi) is 4.82. The molecule has 3 amide bonds. The van der Waals surface area contributed by atoms with Crippen molar-refractivity contribution in [2.45, 2.75) is 26.1 Å². The molecular formula is C12H15FN2O4. The van der Waals surface area contributed by atoms with Crippen molar-refractivity contribution in [2.24, 2.45) is 5.73 Å². The molecule has 0 radical (unpaired) electrons. The van der Waals surface area contributed by atoms with Gasteiger partial charge >= 0.3 is 6.03 Å². The number of rotatable bonds is 4. The van der Waals surface area contributed by atoms with Crippen LogP contribution >= 0.6 is 0 Å². The van der Waals surface area contributed by atoms with E-state index >= 15 is 0 Å². The standard InChI is InChI=1S/C12H15FN2O4/c1-6(16)9-4-3-8(13)5-10(9)19-7(2)11(17)15-12(14)18/h3-7,16H,1-2H3,(H3,14,15,17,18)/t6-,7?/m1/s1. The van der Waals surface area contributed by atoms with Gasteiger partial charge in [0, 0.05) is 11.6 Å². The number of nitrogens with two attached hydrogens (primary N) is 1. The second-order valence-corrected chi connectivity index (χ2v) is 3.97. The first-order valence-corrected chi connectivity index (χ1v) is 5.55. The zero-order chi connectivity index (χ0) is 14.6. The molecule has 2 atom stereocenters. The van der Waals surface area contributed by atoms with E-state index in [9.17, 15) is 19.1 Å². The van der Waals surface area contributed by atoms with Crippen LogP contribution in [0.2, 0.25) is 0 Å². The molecule has 4 N–H and O–H groups in total. The lowest BCUT2D eigenvalue weighted by atomic mass is 10.1. The van der Waals surface area contributed by atoms with E-state index in [1.807, 2.05) is 5.32 Å². The molecule has 0 aliphatic rings. The van der Waals surface area contributed by atoms with Crippen LogP contribution in [0.4, 0.5) is 9.18 Å². The highest BCUT2D eigenvalue weighted by atomic mass is 19.1. The van der Waals surface area contributed by atoms with Crippen molar-refractivity contribution in [1.29, 1.82) is 0 Å². The molecule has 0 aromatic heterocycles. The van der Waals surface area contributed by atoms with E-state index in [1.165, 1.54) is 26.0 Å². The number of primary amides is 1. The number of hydrogen-bond donors (Lipinski definition) is 3. The minimum absolute atomic E-state index is 0.0297. The number of aliphatic hydroxyl groups is 1. The molecule has 0 spiro atoms. The molecule has 7 heteroatoms. The molecule has 0 aliphatic carbocycles. The fourth-order valence-corrected chi connectivity index (χ4v) is 1.42. The van der Waals surface area contributed by atoms with Crippen LogP contribution in [0.25, 0.3) is 0 Å². The third-order valence-electron chi connectivity index (χ3n) is 2.35. The number of ether oxygens (including phenoxy) is 1. The molecule has 104 valence electrons. The average Bonchev–Trinajstić information content (AvgIpc) is 2.27. The molecule has 0 bridgehead atoms. The van der Waals surface area contributed by atoms with Crippen LogP contribution in [0.15, 0.2) is 18.2 Å². The SMILES string of the molecule is CC(Oc1cc(F)ccc1[C@@H](C)O)C(=O)NC(N)=O. The number of carbonyl (C=O) groups is 2. The maximum Gasteiger partial charge on any atom is 0.318 e. The van der Waals surface area contributed by atoms with Crippen molar-refractivity contribution in [1.82, 2.24) is 5.32 Å². The number of imide groups is 1. The van der Waals surface area contributed by atoms with Gasteiger partial charge in [-0.2, -0.15) is 0 Å². The van der Waals surface area contributed by atoms with Crippen molar-refractivity contribution >= 4 is 11.9 Å². The highest BCUT2D eigenvalue weighted by Crippen LogP contribution is 2.26. The highest BCUT2D eigenvalue weighted by Gasteiger charge is 2.19. The van der Waals surface area contributed by atoms with Crippen LogP contribution < -0.4 is 15.8 Å². The maximum absolute atomic E-state index is 13.1. The summed E-state index contributed by atoms with van der Waals surface area (Å²) >= 11 is 0. The molecule has 0 fully saturated rings. The maximum atomic E-state index is 13.1. The van der Waals surface area contributed by atoms with E-state index < -0.39 is 30.0 Å². The van der Waals surface area contributed by atoms with E-state index in [1.54, 1.807) is 0 Å². The van der Waals surface area contributed by atoms with Gasteiger partial charge in [-0.05, 0) is 26.0 Å². The van der Waals surface area contributed by atoms with Gasteiger partial charge < -0.3 is 15.6 Å². The molecule has 0 aliphatic heterocycles. The van der Waals surface area contributed by atoms with Crippen molar-refractivity contribution in [3.8, 4) is 5.75 Å². The summed E-state index contributed by atoms with van der Waals surface area (Å²) in [5.74, 6) is -1.29. The van der Waals surface area contributed by atoms with Gasteiger partial charge in [0.1, 0.15) is 11.6 Å². The predicted octanol–water partition coefficient (Wildman–Crippen LogP) is 0.841. The molecule has 0 heterocycles. The van der Waals surface area contributed by atoms with Crippen molar-refractivity contribution in [2.75, 3.05) is 0 Å². The molecule has 0 saturated heterocycles. The summed E-state index contributed by atoms with van der Waals surface area (Å²) < 4.78 is 18.4. The molecular weight excluding hydrogens is 255 g/mol. The molecule has 1 unspecified atom stereocenters. The summed E-state index contributed by atoms with van der Waals surface area (Å²) in [6, 6.07) is 2.57. The largest absolute Gasteiger partial charge is 0.480 e. The Bertz CT molecular complexity index is 491. The summed E-state index contributed by atoms with van der Waals surface area (Å²) in [5, 5.41) is 11.4. The van der Waals surface area contributed by atoms with E-state index in [-0.39, 0.29) is 5.75 Å². The zero-order valence-electron chi connectivity index (χ0n) is 10.5. The molecule has 19 heavy (non-hydrogen) atoms. The molecule has 0 saturated carbocycles. The van der Waals surface area contributed by atoms with Crippen molar-refractivity contribution in [3.05, 3.63) is 29.6 Å². The smallest absolute Gasteiger partial charge is 0.318 e. The predicted molar refractivity (Wildman–Crippen MR) is 64.8 cm³/mol. The van der Waals surface area contributed by atoms with Gasteiger partial charge in [-0.3, -0.25) is 10.1 Å². The summed E-state index contributed by atoms with van der Waals surface area (Å²) in [5.41, 5.74) is 5.13. The normalized spacial score (nSPS) is 13.5. The number of aliphatic hydroxyl groups excluding tert-OH is 1. The third kappa shape index (κ3) is 4.22. The van der Waals surface area contributed by atoms with E-state index in [2.05, 4.69) is 0 Å². The molecule has 6 nitrogen and oxygen atoms in total. The lowest BCUT2D eigenvalue weighted by molar-refractivity contribution is -0.126. The Hall–Kier alpha value is -2.15. The van der Waals surface area contributed by atoms with Crippen LogP contribution in [0.3, 0.4) is 0 Å². The second kappa shape index (κ2) is 6.14. The minimum Gasteiger partial charge on any atom is -0.480 e. The number of hydrogen-bond acceptors (Lipinski definition) is 4. The topological polar surface area (TPSA) is 102 Å². The number of carbonyl (C=O) groups excluding carboxylic acids is 2. The first-order chi connectivity index (χ1) is 8.81. The van der Waals surface area contributed by atoms with Crippen LogP contribution in [-0.2, 0) is 4.79 Å². The van der Waals surface area contributed by atoms with Gasteiger partial charge in [-0.25, -0.2) is 9.18 Å².